The van der Waals surface area contributed by atoms with Crippen LogP contribution in [-0.2, 0) is 5.41 Å². The Morgan fingerprint density at radius 1 is 1.16 bits per heavy atom. The quantitative estimate of drug-likeness (QED) is 0.781. The lowest BCUT2D eigenvalue weighted by molar-refractivity contribution is 0.104. The van der Waals surface area contributed by atoms with Crippen molar-refractivity contribution in [3.8, 4) is 5.75 Å². The molecule has 0 spiro atoms. The maximum Gasteiger partial charge on any atom is 0.203 e. The number of rotatable bonds is 3. The van der Waals surface area contributed by atoms with E-state index in [0.717, 1.165) is 4.88 Å². The van der Waals surface area contributed by atoms with Crippen LogP contribution in [0.25, 0.3) is 0 Å². The predicted molar refractivity (Wildman–Crippen MR) is 79.4 cm³/mol. The third-order valence-electron chi connectivity index (χ3n) is 2.90. The Labute approximate surface area is 118 Å². The normalized spacial score (nSPS) is 11.4. The SMILES string of the molecule is COc1cccc(C(=O)c2ccc(C(C)(C)C)s2)c1. The second kappa shape index (κ2) is 5.17. The zero-order chi connectivity index (χ0) is 14.0. The average Bonchev–Trinajstić information content (AvgIpc) is 2.87. The molecule has 0 bridgehead atoms. The van der Waals surface area contributed by atoms with Crippen LogP contribution in [0.1, 0.15) is 40.9 Å². The molecule has 0 aliphatic rings. The molecule has 0 unspecified atom stereocenters. The van der Waals surface area contributed by atoms with Gasteiger partial charge in [-0.3, -0.25) is 4.79 Å². The minimum Gasteiger partial charge on any atom is -0.497 e. The van der Waals surface area contributed by atoms with Gasteiger partial charge in [0.25, 0.3) is 0 Å². The van der Waals surface area contributed by atoms with Gasteiger partial charge in [-0.1, -0.05) is 32.9 Å². The Morgan fingerprint density at radius 3 is 2.47 bits per heavy atom. The van der Waals surface area contributed by atoms with E-state index in [-0.39, 0.29) is 11.2 Å². The van der Waals surface area contributed by atoms with Crippen LogP contribution in [0.3, 0.4) is 0 Å². The maximum absolute atomic E-state index is 12.4. The summed E-state index contributed by atoms with van der Waals surface area (Å²) in [4.78, 5) is 14.4. The molecule has 100 valence electrons. The van der Waals surface area contributed by atoms with Gasteiger partial charge in [-0.25, -0.2) is 0 Å². The van der Waals surface area contributed by atoms with Gasteiger partial charge in [-0.15, -0.1) is 11.3 Å². The summed E-state index contributed by atoms with van der Waals surface area (Å²) in [6, 6.07) is 11.2. The van der Waals surface area contributed by atoms with Crippen LogP contribution >= 0.6 is 11.3 Å². The third kappa shape index (κ3) is 3.04. The summed E-state index contributed by atoms with van der Waals surface area (Å²) in [6.45, 7) is 6.45. The van der Waals surface area contributed by atoms with Crippen molar-refractivity contribution in [2.24, 2.45) is 0 Å². The summed E-state index contributed by atoms with van der Waals surface area (Å²) in [6.07, 6.45) is 0. The summed E-state index contributed by atoms with van der Waals surface area (Å²) < 4.78 is 5.15. The monoisotopic (exact) mass is 274 g/mol. The van der Waals surface area contributed by atoms with E-state index in [1.165, 1.54) is 4.88 Å². The summed E-state index contributed by atoms with van der Waals surface area (Å²) in [5.41, 5.74) is 0.749. The van der Waals surface area contributed by atoms with Gasteiger partial charge in [0.2, 0.25) is 5.78 Å². The Morgan fingerprint density at radius 2 is 1.89 bits per heavy atom. The van der Waals surface area contributed by atoms with Crippen molar-refractivity contribution in [1.82, 2.24) is 0 Å². The summed E-state index contributed by atoms with van der Waals surface area (Å²) in [7, 11) is 1.60. The highest BCUT2D eigenvalue weighted by molar-refractivity contribution is 7.14. The van der Waals surface area contributed by atoms with Crippen LogP contribution < -0.4 is 4.74 Å². The highest BCUT2D eigenvalue weighted by Gasteiger charge is 2.19. The van der Waals surface area contributed by atoms with Gasteiger partial charge in [0.05, 0.1) is 12.0 Å². The molecule has 0 aliphatic heterocycles. The van der Waals surface area contributed by atoms with Crippen molar-refractivity contribution < 1.29 is 9.53 Å². The number of benzene rings is 1. The fraction of sp³-hybridized carbons (Fsp3) is 0.312. The molecule has 0 fully saturated rings. The predicted octanol–water partition coefficient (Wildman–Crippen LogP) is 4.29. The number of hydrogen-bond donors (Lipinski definition) is 0. The molecule has 3 heteroatoms. The molecule has 0 saturated heterocycles. The van der Waals surface area contributed by atoms with Gasteiger partial charge >= 0.3 is 0 Å². The van der Waals surface area contributed by atoms with E-state index >= 15 is 0 Å². The Hall–Kier alpha value is -1.61. The molecular formula is C16H18O2S. The van der Waals surface area contributed by atoms with Crippen LogP contribution in [0, 0.1) is 0 Å². The number of hydrogen-bond acceptors (Lipinski definition) is 3. The zero-order valence-electron chi connectivity index (χ0n) is 11.7. The molecule has 1 heterocycles. The summed E-state index contributed by atoms with van der Waals surface area (Å²) >= 11 is 1.57. The van der Waals surface area contributed by atoms with Gasteiger partial charge < -0.3 is 4.74 Å². The van der Waals surface area contributed by atoms with Gasteiger partial charge in [0.1, 0.15) is 5.75 Å². The highest BCUT2D eigenvalue weighted by atomic mass is 32.1. The largest absolute Gasteiger partial charge is 0.497 e. The molecule has 0 radical (unpaired) electrons. The topological polar surface area (TPSA) is 26.3 Å². The molecule has 2 nitrogen and oxygen atoms in total. The lowest BCUT2D eigenvalue weighted by atomic mass is 9.95. The van der Waals surface area contributed by atoms with Crippen molar-refractivity contribution in [2.75, 3.05) is 7.11 Å². The lowest BCUT2D eigenvalue weighted by Gasteiger charge is -2.15. The number of ketones is 1. The van der Waals surface area contributed by atoms with E-state index in [2.05, 4.69) is 20.8 Å². The molecule has 19 heavy (non-hydrogen) atoms. The van der Waals surface area contributed by atoms with E-state index in [1.54, 1.807) is 24.5 Å². The van der Waals surface area contributed by atoms with E-state index in [4.69, 9.17) is 4.74 Å². The number of methoxy groups -OCH3 is 1. The molecule has 0 saturated carbocycles. The second-order valence-electron chi connectivity index (χ2n) is 5.47. The van der Waals surface area contributed by atoms with Gasteiger partial charge in [0, 0.05) is 10.4 Å². The van der Waals surface area contributed by atoms with Crippen LogP contribution in [0.15, 0.2) is 36.4 Å². The molecule has 0 atom stereocenters. The molecule has 0 aliphatic carbocycles. The van der Waals surface area contributed by atoms with Gasteiger partial charge in [-0.05, 0) is 29.7 Å². The molecule has 0 N–H and O–H groups in total. The Balaban J connectivity index is 2.31. The smallest absolute Gasteiger partial charge is 0.203 e. The van der Waals surface area contributed by atoms with Gasteiger partial charge in [-0.2, -0.15) is 0 Å². The fourth-order valence-corrected chi connectivity index (χ4v) is 2.80. The summed E-state index contributed by atoms with van der Waals surface area (Å²) in [5, 5.41) is 0. The van der Waals surface area contributed by atoms with E-state index < -0.39 is 0 Å². The van der Waals surface area contributed by atoms with Crippen molar-refractivity contribution >= 4 is 17.1 Å². The first-order valence-electron chi connectivity index (χ1n) is 6.21. The van der Waals surface area contributed by atoms with E-state index in [1.807, 2.05) is 30.3 Å². The maximum atomic E-state index is 12.4. The van der Waals surface area contributed by atoms with E-state index in [9.17, 15) is 4.79 Å². The highest BCUT2D eigenvalue weighted by Crippen LogP contribution is 2.30. The molecule has 1 aromatic heterocycles. The van der Waals surface area contributed by atoms with Crippen molar-refractivity contribution in [2.45, 2.75) is 26.2 Å². The second-order valence-corrected chi connectivity index (χ2v) is 6.56. The number of carbonyl (C=O) groups excluding carboxylic acids is 1. The molecule has 0 amide bonds. The number of thiophene rings is 1. The van der Waals surface area contributed by atoms with Crippen LogP contribution in [0.2, 0.25) is 0 Å². The first kappa shape index (κ1) is 13.8. The van der Waals surface area contributed by atoms with Crippen molar-refractivity contribution in [1.29, 1.82) is 0 Å². The molecule has 2 rings (SSSR count). The first-order chi connectivity index (χ1) is 8.91. The third-order valence-corrected chi connectivity index (χ3v) is 4.41. The first-order valence-corrected chi connectivity index (χ1v) is 7.02. The number of carbonyl (C=O) groups is 1. The Kier molecular flexibility index (Phi) is 3.76. The van der Waals surface area contributed by atoms with Crippen LogP contribution in [-0.4, -0.2) is 12.9 Å². The minimum atomic E-state index is 0.0550. The fourth-order valence-electron chi connectivity index (χ4n) is 1.77. The van der Waals surface area contributed by atoms with Gasteiger partial charge in [0.15, 0.2) is 0 Å². The molecule has 2 aromatic rings. The standard InChI is InChI=1S/C16H18O2S/c1-16(2,3)14-9-8-13(19-14)15(17)11-6-5-7-12(10-11)18-4/h5-10H,1-4H3. The van der Waals surface area contributed by atoms with Crippen molar-refractivity contribution in [3.05, 3.63) is 51.7 Å². The molecule has 1 aromatic carbocycles. The zero-order valence-corrected chi connectivity index (χ0v) is 12.5. The minimum absolute atomic E-state index is 0.0550. The lowest BCUT2D eigenvalue weighted by Crippen LogP contribution is -2.08. The van der Waals surface area contributed by atoms with Crippen molar-refractivity contribution in [3.63, 3.8) is 0 Å². The average molecular weight is 274 g/mol. The van der Waals surface area contributed by atoms with E-state index in [0.29, 0.717) is 11.3 Å². The summed E-state index contributed by atoms with van der Waals surface area (Å²) in [5.74, 6) is 0.762. The molecular weight excluding hydrogens is 256 g/mol. The Bertz CT molecular complexity index is 591. The van der Waals surface area contributed by atoms with Crippen LogP contribution in [0.4, 0.5) is 0 Å². The van der Waals surface area contributed by atoms with Crippen LogP contribution in [0.5, 0.6) is 5.75 Å². The number of ether oxygens (including phenoxy) is 1.